The Balaban J connectivity index is 1.76. The standard InChI is InChI=1S/C17H16FNO2/c18-16-12-19(10-11-21-16)15-8-6-14(7-9-15)17(20)13-4-2-1-3-5-13/h1-9,16H,10-12H2. The van der Waals surface area contributed by atoms with Crippen LogP contribution in [0.2, 0.25) is 0 Å². The number of ketones is 1. The smallest absolute Gasteiger partial charge is 0.216 e. The first-order chi connectivity index (χ1) is 10.2. The molecule has 0 spiro atoms. The number of rotatable bonds is 3. The molecular formula is C17H16FNO2. The van der Waals surface area contributed by atoms with Crippen LogP contribution < -0.4 is 4.90 Å². The number of carbonyl (C=O) groups excluding carboxylic acids is 1. The van der Waals surface area contributed by atoms with E-state index in [2.05, 4.69) is 0 Å². The van der Waals surface area contributed by atoms with Crippen LogP contribution in [0.15, 0.2) is 54.6 Å². The van der Waals surface area contributed by atoms with Crippen LogP contribution in [0.3, 0.4) is 0 Å². The van der Waals surface area contributed by atoms with Crippen molar-refractivity contribution >= 4 is 11.5 Å². The van der Waals surface area contributed by atoms with Crippen molar-refractivity contribution in [1.82, 2.24) is 0 Å². The van der Waals surface area contributed by atoms with Crippen LogP contribution in [0.5, 0.6) is 0 Å². The molecule has 4 heteroatoms. The molecule has 2 aromatic rings. The molecule has 1 aliphatic heterocycles. The van der Waals surface area contributed by atoms with E-state index in [-0.39, 0.29) is 12.3 Å². The largest absolute Gasteiger partial charge is 0.364 e. The fraction of sp³-hybridized carbons (Fsp3) is 0.235. The van der Waals surface area contributed by atoms with E-state index in [1.54, 1.807) is 24.3 Å². The highest BCUT2D eigenvalue weighted by molar-refractivity contribution is 6.09. The molecule has 0 aromatic heterocycles. The van der Waals surface area contributed by atoms with E-state index < -0.39 is 6.36 Å². The minimum Gasteiger partial charge on any atom is -0.364 e. The third-order valence-electron chi connectivity index (χ3n) is 3.55. The monoisotopic (exact) mass is 285 g/mol. The second-order valence-electron chi connectivity index (χ2n) is 4.97. The Labute approximate surface area is 123 Å². The molecule has 1 heterocycles. The normalized spacial score (nSPS) is 18.5. The van der Waals surface area contributed by atoms with E-state index in [4.69, 9.17) is 4.74 Å². The van der Waals surface area contributed by atoms with E-state index >= 15 is 0 Å². The molecule has 1 atom stereocenters. The van der Waals surface area contributed by atoms with Crippen molar-refractivity contribution in [3.63, 3.8) is 0 Å². The van der Waals surface area contributed by atoms with E-state index in [0.29, 0.717) is 24.3 Å². The van der Waals surface area contributed by atoms with Crippen LogP contribution in [-0.2, 0) is 4.74 Å². The zero-order valence-electron chi connectivity index (χ0n) is 11.5. The van der Waals surface area contributed by atoms with Crippen LogP contribution in [0.1, 0.15) is 15.9 Å². The molecule has 0 N–H and O–H groups in total. The summed E-state index contributed by atoms with van der Waals surface area (Å²) in [6.07, 6.45) is -1.25. The number of nitrogens with zero attached hydrogens (tertiary/aromatic N) is 1. The van der Waals surface area contributed by atoms with Gasteiger partial charge in [0.25, 0.3) is 0 Å². The number of morpholine rings is 1. The average molecular weight is 285 g/mol. The molecule has 2 aromatic carbocycles. The third kappa shape index (κ3) is 3.11. The maximum Gasteiger partial charge on any atom is 0.216 e. The van der Waals surface area contributed by atoms with Crippen molar-refractivity contribution in [3.8, 4) is 0 Å². The van der Waals surface area contributed by atoms with E-state index in [0.717, 1.165) is 5.69 Å². The Kier molecular flexibility index (Phi) is 3.97. The van der Waals surface area contributed by atoms with Gasteiger partial charge in [-0.05, 0) is 24.3 Å². The highest BCUT2D eigenvalue weighted by atomic mass is 19.1. The summed E-state index contributed by atoms with van der Waals surface area (Å²) in [6, 6.07) is 16.4. The maximum absolute atomic E-state index is 13.2. The summed E-state index contributed by atoms with van der Waals surface area (Å²) in [4.78, 5) is 14.2. The van der Waals surface area contributed by atoms with Crippen molar-refractivity contribution in [2.45, 2.75) is 6.36 Å². The van der Waals surface area contributed by atoms with E-state index in [9.17, 15) is 9.18 Å². The lowest BCUT2D eigenvalue weighted by Crippen LogP contribution is -2.40. The summed E-state index contributed by atoms with van der Waals surface area (Å²) in [7, 11) is 0. The quantitative estimate of drug-likeness (QED) is 0.812. The molecule has 0 bridgehead atoms. The number of anilines is 1. The summed E-state index contributed by atoms with van der Waals surface area (Å²) in [6.45, 7) is 1.27. The second kappa shape index (κ2) is 6.06. The summed E-state index contributed by atoms with van der Waals surface area (Å²) in [5, 5.41) is 0. The molecule has 1 aliphatic rings. The second-order valence-corrected chi connectivity index (χ2v) is 4.97. The van der Waals surface area contributed by atoms with Gasteiger partial charge >= 0.3 is 0 Å². The van der Waals surface area contributed by atoms with Crippen molar-refractivity contribution in [3.05, 3.63) is 65.7 Å². The van der Waals surface area contributed by atoms with Crippen LogP contribution >= 0.6 is 0 Å². The Bertz CT molecular complexity index is 612. The first-order valence-electron chi connectivity index (χ1n) is 6.94. The average Bonchev–Trinajstić information content (AvgIpc) is 2.55. The molecule has 0 saturated carbocycles. The summed E-state index contributed by atoms with van der Waals surface area (Å²) in [5.74, 6) is -0.00695. The number of halogens is 1. The predicted octanol–water partition coefficient (Wildman–Crippen LogP) is 3.05. The van der Waals surface area contributed by atoms with Crippen LogP contribution in [0, 0.1) is 0 Å². The topological polar surface area (TPSA) is 29.5 Å². The van der Waals surface area contributed by atoms with Gasteiger partial charge in [0.1, 0.15) is 0 Å². The maximum atomic E-state index is 13.2. The lowest BCUT2D eigenvalue weighted by Gasteiger charge is -2.31. The molecule has 1 fully saturated rings. The number of benzene rings is 2. The zero-order chi connectivity index (χ0) is 14.7. The van der Waals surface area contributed by atoms with Gasteiger partial charge in [0.15, 0.2) is 5.78 Å². The number of ether oxygens (including phenoxy) is 1. The van der Waals surface area contributed by atoms with Crippen molar-refractivity contribution in [1.29, 1.82) is 0 Å². The highest BCUT2D eigenvalue weighted by Crippen LogP contribution is 2.20. The first kappa shape index (κ1) is 13.8. The highest BCUT2D eigenvalue weighted by Gasteiger charge is 2.20. The molecule has 1 unspecified atom stereocenters. The van der Waals surface area contributed by atoms with Crippen molar-refractivity contribution in [2.75, 3.05) is 24.6 Å². The van der Waals surface area contributed by atoms with Gasteiger partial charge in [-0.25, -0.2) is 4.39 Å². The number of hydrogen-bond donors (Lipinski definition) is 0. The van der Waals surface area contributed by atoms with Crippen molar-refractivity contribution in [2.24, 2.45) is 0 Å². The van der Waals surface area contributed by atoms with Gasteiger partial charge in [-0.2, -0.15) is 0 Å². The number of hydrogen-bond acceptors (Lipinski definition) is 3. The molecule has 21 heavy (non-hydrogen) atoms. The Morgan fingerprint density at radius 3 is 2.38 bits per heavy atom. The van der Waals surface area contributed by atoms with Crippen LogP contribution in [0.25, 0.3) is 0 Å². The number of carbonyl (C=O) groups is 1. The SMILES string of the molecule is O=C(c1ccccc1)c1ccc(N2CCOC(F)C2)cc1. The predicted molar refractivity (Wildman–Crippen MR) is 79.4 cm³/mol. The van der Waals surface area contributed by atoms with Gasteiger partial charge in [0.05, 0.1) is 13.2 Å². The van der Waals surface area contributed by atoms with E-state index in [1.807, 2.05) is 35.2 Å². The van der Waals surface area contributed by atoms with Gasteiger partial charge in [0.2, 0.25) is 6.36 Å². The van der Waals surface area contributed by atoms with E-state index in [1.165, 1.54) is 0 Å². The zero-order valence-corrected chi connectivity index (χ0v) is 11.5. The minimum absolute atomic E-state index is 0.00695. The van der Waals surface area contributed by atoms with Gasteiger partial charge in [-0.3, -0.25) is 4.79 Å². The Morgan fingerprint density at radius 1 is 1.05 bits per heavy atom. The summed E-state index contributed by atoms with van der Waals surface area (Å²) >= 11 is 0. The molecular weight excluding hydrogens is 269 g/mol. The number of alkyl halides is 1. The lowest BCUT2D eigenvalue weighted by molar-refractivity contribution is -0.0465. The summed E-state index contributed by atoms with van der Waals surface area (Å²) < 4.78 is 18.1. The summed E-state index contributed by atoms with van der Waals surface area (Å²) in [5.41, 5.74) is 2.21. The molecule has 0 amide bonds. The van der Waals surface area contributed by atoms with Gasteiger partial charge in [-0.1, -0.05) is 30.3 Å². The van der Waals surface area contributed by atoms with Gasteiger partial charge in [0, 0.05) is 23.4 Å². The molecule has 1 saturated heterocycles. The fourth-order valence-electron chi connectivity index (χ4n) is 2.42. The van der Waals surface area contributed by atoms with Crippen molar-refractivity contribution < 1.29 is 13.9 Å². The molecule has 0 radical (unpaired) electrons. The first-order valence-corrected chi connectivity index (χ1v) is 6.94. The fourth-order valence-corrected chi connectivity index (χ4v) is 2.42. The van der Waals surface area contributed by atoms with Gasteiger partial charge < -0.3 is 9.64 Å². The molecule has 3 rings (SSSR count). The van der Waals surface area contributed by atoms with Crippen LogP contribution in [-0.4, -0.2) is 31.8 Å². The van der Waals surface area contributed by atoms with Crippen LogP contribution in [0.4, 0.5) is 10.1 Å². The third-order valence-corrected chi connectivity index (χ3v) is 3.55. The molecule has 108 valence electrons. The minimum atomic E-state index is -1.25. The van der Waals surface area contributed by atoms with Gasteiger partial charge in [-0.15, -0.1) is 0 Å². The lowest BCUT2D eigenvalue weighted by atomic mass is 10.0. The Hall–Kier alpha value is -2.20. The molecule has 0 aliphatic carbocycles. The molecule has 3 nitrogen and oxygen atoms in total. The Morgan fingerprint density at radius 2 is 1.71 bits per heavy atom.